The zero-order valence-corrected chi connectivity index (χ0v) is 19.3. The van der Waals surface area contributed by atoms with Crippen LogP contribution in [0.15, 0.2) is 78.9 Å². The molecular formula is C27H24N2O6. The fourth-order valence-electron chi connectivity index (χ4n) is 4.60. The van der Waals surface area contributed by atoms with Crippen LogP contribution in [0.3, 0.4) is 0 Å². The highest BCUT2D eigenvalue weighted by Gasteiger charge is 2.60. The highest BCUT2D eigenvalue weighted by molar-refractivity contribution is 6.24. The Morgan fingerprint density at radius 1 is 0.886 bits per heavy atom. The Morgan fingerprint density at radius 3 is 2.20 bits per heavy atom. The van der Waals surface area contributed by atoms with Crippen molar-refractivity contribution >= 4 is 29.2 Å². The molecule has 2 fully saturated rings. The number of fused-ring (bicyclic) bond motifs is 1. The molecule has 0 N–H and O–H groups in total. The standard InChI is InChI=1S/C27H24N2O6/c1-3-34-21-15-13-19(14-16-21)28-25(30)22-23(17-9-11-18(12-10-17)27(32)33-2)29(35-24(22)26(28)31)20-7-5-4-6-8-20/h4-16,22-24H,3H2,1-2H3/t22-,23-,24-/m0/s1. The lowest BCUT2D eigenvalue weighted by Gasteiger charge is -2.28. The zero-order chi connectivity index (χ0) is 24.5. The second-order valence-corrected chi connectivity index (χ2v) is 8.21. The SMILES string of the molecule is CCOc1ccc(N2C(=O)[C@@H]3[C@H](ON(c4ccccc4)[C@H]3c3ccc(C(=O)OC)cc3)C2=O)cc1. The van der Waals surface area contributed by atoms with E-state index in [1.807, 2.05) is 37.3 Å². The van der Waals surface area contributed by atoms with E-state index in [0.29, 0.717) is 23.6 Å². The van der Waals surface area contributed by atoms with Crippen LogP contribution in [0, 0.1) is 5.92 Å². The zero-order valence-electron chi connectivity index (χ0n) is 19.3. The topological polar surface area (TPSA) is 85.4 Å². The van der Waals surface area contributed by atoms with Crippen LogP contribution in [0.4, 0.5) is 11.4 Å². The summed E-state index contributed by atoms with van der Waals surface area (Å²) in [5, 5.41) is 1.62. The number of hydroxylamine groups is 1. The molecule has 0 bridgehead atoms. The number of amides is 2. The van der Waals surface area contributed by atoms with Crippen molar-refractivity contribution in [3.05, 3.63) is 90.0 Å². The van der Waals surface area contributed by atoms with E-state index in [2.05, 4.69) is 0 Å². The number of ether oxygens (including phenoxy) is 2. The number of carbonyl (C=O) groups excluding carboxylic acids is 3. The maximum Gasteiger partial charge on any atom is 0.337 e. The Bertz CT molecular complexity index is 1240. The summed E-state index contributed by atoms with van der Waals surface area (Å²) in [6.45, 7) is 2.40. The third kappa shape index (κ3) is 3.91. The molecule has 2 heterocycles. The first kappa shape index (κ1) is 22.6. The number of nitrogens with zero attached hydrogens (tertiary/aromatic N) is 2. The van der Waals surface area contributed by atoms with Crippen LogP contribution in [0.25, 0.3) is 0 Å². The van der Waals surface area contributed by atoms with Crippen molar-refractivity contribution in [3.63, 3.8) is 0 Å². The van der Waals surface area contributed by atoms with Gasteiger partial charge in [-0.2, -0.15) is 0 Å². The largest absolute Gasteiger partial charge is 0.494 e. The predicted octanol–water partition coefficient (Wildman–Crippen LogP) is 3.92. The van der Waals surface area contributed by atoms with Crippen molar-refractivity contribution in [2.45, 2.75) is 19.1 Å². The molecule has 0 aliphatic carbocycles. The van der Waals surface area contributed by atoms with Crippen molar-refractivity contribution in [1.29, 1.82) is 0 Å². The van der Waals surface area contributed by atoms with Crippen LogP contribution in [0.1, 0.15) is 28.9 Å². The molecule has 178 valence electrons. The quantitative estimate of drug-likeness (QED) is 0.397. The average Bonchev–Trinajstić information content (AvgIpc) is 3.41. The lowest BCUT2D eigenvalue weighted by atomic mass is 9.90. The summed E-state index contributed by atoms with van der Waals surface area (Å²) in [7, 11) is 1.32. The van der Waals surface area contributed by atoms with Gasteiger partial charge in [0.1, 0.15) is 11.7 Å². The van der Waals surface area contributed by atoms with Crippen LogP contribution in [-0.2, 0) is 19.2 Å². The number of hydrogen-bond donors (Lipinski definition) is 0. The van der Waals surface area contributed by atoms with E-state index in [1.54, 1.807) is 53.6 Å². The third-order valence-electron chi connectivity index (χ3n) is 6.21. The Labute approximate surface area is 202 Å². The molecule has 3 aromatic rings. The van der Waals surface area contributed by atoms with E-state index in [-0.39, 0.29) is 5.91 Å². The molecule has 5 rings (SSSR count). The van der Waals surface area contributed by atoms with E-state index in [0.717, 1.165) is 11.3 Å². The van der Waals surface area contributed by atoms with E-state index >= 15 is 0 Å². The van der Waals surface area contributed by atoms with Gasteiger partial charge in [-0.05, 0) is 61.0 Å². The highest BCUT2D eigenvalue weighted by atomic mass is 16.7. The van der Waals surface area contributed by atoms with Crippen molar-refractivity contribution in [3.8, 4) is 5.75 Å². The number of imide groups is 1. The van der Waals surface area contributed by atoms with E-state index < -0.39 is 29.9 Å². The first-order valence-corrected chi connectivity index (χ1v) is 11.3. The monoisotopic (exact) mass is 472 g/mol. The van der Waals surface area contributed by atoms with Crippen LogP contribution in [-0.4, -0.2) is 37.6 Å². The summed E-state index contributed by atoms with van der Waals surface area (Å²) < 4.78 is 10.3. The van der Waals surface area contributed by atoms with Crippen molar-refractivity contribution in [2.75, 3.05) is 23.7 Å². The summed E-state index contributed by atoms with van der Waals surface area (Å²) in [6, 6.07) is 22.4. The van der Waals surface area contributed by atoms with Gasteiger partial charge in [-0.25, -0.2) is 14.8 Å². The molecule has 2 aliphatic heterocycles. The van der Waals surface area contributed by atoms with Crippen LogP contribution in [0.2, 0.25) is 0 Å². The predicted molar refractivity (Wildman–Crippen MR) is 128 cm³/mol. The van der Waals surface area contributed by atoms with Gasteiger partial charge in [-0.15, -0.1) is 0 Å². The number of rotatable bonds is 6. The summed E-state index contributed by atoms with van der Waals surface area (Å²) in [5.41, 5.74) is 2.32. The minimum absolute atomic E-state index is 0.343. The molecule has 2 aliphatic rings. The van der Waals surface area contributed by atoms with Crippen LogP contribution >= 0.6 is 0 Å². The summed E-state index contributed by atoms with van der Waals surface area (Å²) in [6.07, 6.45) is -0.973. The number of benzene rings is 3. The number of esters is 1. The van der Waals surface area contributed by atoms with Gasteiger partial charge >= 0.3 is 5.97 Å². The molecule has 0 saturated carbocycles. The smallest absolute Gasteiger partial charge is 0.337 e. The number of carbonyl (C=O) groups is 3. The Hall–Kier alpha value is -4.17. The second kappa shape index (κ2) is 9.23. The minimum atomic E-state index is -0.973. The highest BCUT2D eigenvalue weighted by Crippen LogP contribution is 2.47. The van der Waals surface area contributed by atoms with Gasteiger partial charge < -0.3 is 9.47 Å². The molecule has 35 heavy (non-hydrogen) atoms. The number of methoxy groups -OCH3 is 1. The van der Waals surface area contributed by atoms with Crippen LogP contribution in [0.5, 0.6) is 5.75 Å². The number of para-hydroxylation sites is 1. The molecular weight excluding hydrogens is 448 g/mol. The Morgan fingerprint density at radius 2 is 1.57 bits per heavy atom. The van der Waals surface area contributed by atoms with Gasteiger partial charge in [-0.3, -0.25) is 14.4 Å². The molecule has 8 nitrogen and oxygen atoms in total. The van der Waals surface area contributed by atoms with Gasteiger partial charge in [0.15, 0.2) is 6.10 Å². The van der Waals surface area contributed by atoms with Crippen molar-refractivity contribution in [2.24, 2.45) is 5.92 Å². The summed E-state index contributed by atoms with van der Waals surface area (Å²) in [4.78, 5) is 46.3. The Kier molecular flexibility index (Phi) is 5.96. The molecule has 2 saturated heterocycles. The molecule has 3 atom stereocenters. The molecule has 8 heteroatoms. The molecule has 2 amide bonds. The maximum absolute atomic E-state index is 13.7. The molecule has 0 radical (unpaired) electrons. The van der Waals surface area contributed by atoms with Gasteiger partial charge in [-0.1, -0.05) is 30.3 Å². The first-order chi connectivity index (χ1) is 17.0. The second-order valence-electron chi connectivity index (χ2n) is 8.21. The normalized spacial score (nSPS) is 21.3. The van der Waals surface area contributed by atoms with Crippen molar-refractivity contribution in [1.82, 2.24) is 0 Å². The summed E-state index contributed by atoms with van der Waals surface area (Å²) >= 11 is 0. The Balaban J connectivity index is 1.52. The minimum Gasteiger partial charge on any atom is -0.494 e. The van der Waals surface area contributed by atoms with Crippen LogP contribution < -0.4 is 14.7 Å². The van der Waals surface area contributed by atoms with Gasteiger partial charge in [0, 0.05) is 0 Å². The van der Waals surface area contributed by atoms with Gasteiger partial charge in [0.25, 0.3) is 5.91 Å². The average molecular weight is 472 g/mol. The summed E-state index contributed by atoms with van der Waals surface area (Å²) in [5.74, 6) is -1.32. The fourth-order valence-corrected chi connectivity index (χ4v) is 4.60. The first-order valence-electron chi connectivity index (χ1n) is 11.3. The number of anilines is 2. The fraction of sp³-hybridized carbons (Fsp3) is 0.222. The lowest BCUT2D eigenvalue weighted by Crippen LogP contribution is -2.37. The molecule has 0 spiro atoms. The van der Waals surface area contributed by atoms with Crippen molar-refractivity contribution < 1.29 is 28.7 Å². The maximum atomic E-state index is 13.7. The van der Waals surface area contributed by atoms with E-state index in [1.165, 1.54) is 12.0 Å². The molecule has 0 unspecified atom stereocenters. The number of hydrogen-bond acceptors (Lipinski definition) is 7. The lowest BCUT2D eigenvalue weighted by molar-refractivity contribution is -0.126. The van der Waals surface area contributed by atoms with Gasteiger partial charge in [0.2, 0.25) is 5.91 Å². The third-order valence-corrected chi connectivity index (χ3v) is 6.21. The molecule has 0 aromatic heterocycles. The van der Waals surface area contributed by atoms with E-state index in [4.69, 9.17) is 14.3 Å². The molecule has 3 aromatic carbocycles. The van der Waals surface area contributed by atoms with Gasteiger partial charge in [0.05, 0.1) is 36.7 Å². The van der Waals surface area contributed by atoms with E-state index in [9.17, 15) is 14.4 Å².